The van der Waals surface area contributed by atoms with Crippen LogP contribution >= 0.6 is 35.6 Å². The highest BCUT2D eigenvalue weighted by Crippen LogP contribution is 2.34. The van der Waals surface area contributed by atoms with E-state index in [4.69, 9.17) is 23.2 Å². The van der Waals surface area contributed by atoms with E-state index in [0.29, 0.717) is 16.5 Å². The Hall–Kier alpha value is -1.10. The Bertz CT molecular complexity index is 867. The Kier molecular flexibility index (Phi) is 6.73. The zero-order valence-corrected chi connectivity index (χ0v) is 18.2. The number of carbonyl (C=O) groups excluding carboxylic acids is 1. The molecule has 0 aliphatic carbocycles. The molecule has 0 amide bonds. The molecule has 1 N–H and O–H groups in total. The molecule has 3 nitrogen and oxygen atoms in total. The van der Waals surface area contributed by atoms with Gasteiger partial charge in [-0.1, -0.05) is 53.5 Å². The molecule has 2 atom stereocenters. The fraction of sp³-hybridized carbons (Fsp3) is 0.409. The van der Waals surface area contributed by atoms with Gasteiger partial charge in [-0.2, -0.15) is 0 Å². The van der Waals surface area contributed by atoms with Gasteiger partial charge in [-0.25, -0.2) is 0 Å². The Morgan fingerprint density at radius 3 is 2.57 bits per heavy atom. The number of rotatable bonds is 4. The molecule has 28 heavy (non-hydrogen) atoms. The first-order valence-corrected chi connectivity index (χ1v) is 10.3. The van der Waals surface area contributed by atoms with E-state index >= 15 is 0 Å². The number of likely N-dealkylation sites (tertiary alicyclic amines) is 1. The minimum atomic E-state index is -0.714. The molecule has 1 unspecified atom stereocenters. The molecule has 2 aromatic carbocycles. The third-order valence-corrected chi connectivity index (χ3v) is 6.65. The summed E-state index contributed by atoms with van der Waals surface area (Å²) in [5.74, 6) is 0.150. The lowest BCUT2D eigenvalue weighted by Gasteiger charge is -2.43. The van der Waals surface area contributed by atoms with E-state index in [1.54, 1.807) is 12.1 Å². The monoisotopic (exact) mass is 438 g/mol. The first-order valence-electron chi connectivity index (χ1n) is 9.55. The molecule has 150 valence electrons. The minimum Gasteiger partial charge on any atom is -0.297 e. The summed E-state index contributed by atoms with van der Waals surface area (Å²) in [6.07, 6.45) is 3.92. The van der Waals surface area contributed by atoms with E-state index in [1.165, 1.54) is 18.4 Å². The highest BCUT2D eigenvalue weighted by atomic mass is 35.5. The van der Waals surface area contributed by atoms with Crippen molar-refractivity contribution in [1.82, 2.24) is 10.2 Å². The zero-order valence-electron chi connectivity index (χ0n) is 15.9. The highest BCUT2D eigenvalue weighted by molar-refractivity contribution is 6.42. The molecule has 2 aliphatic heterocycles. The highest BCUT2D eigenvalue weighted by Gasteiger charge is 2.43. The van der Waals surface area contributed by atoms with Crippen molar-refractivity contribution in [2.75, 3.05) is 13.1 Å². The van der Waals surface area contributed by atoms with Gasteiger partial charge in [0.15, 0.2) is 5.78 Å². The standard InChI is InChI=1S/C22H24Cl2N2O.ClH/c1-22(20(27)13-15-8-9-18(23)19(24)12-15)17-7-3-2-6-16(17)14-21(25-22)26-10-4-5-11-26;/h2-3,6-9,12,21,25H,4-5,10-11,13-14H2,1H3;1H/t21?,22-;/m1./s1. The molecule has 0 saturated carbocycles. The van der Waals surface area contributed by atoms with Crippen molar-refractivity contribution in [2.24, 2.45) is 0 Å². The molecular weight excluding hydrogens is 415 g/mol. The maximum atomic E-state index is 13.5. The van der Waals surface area contributed by atoms with Crippen molar-refractivity contribution in [2.45, 2.75) is 44.3 Å². The average Bonchev–Trinajstić information content (AvgIpc) is 3.19. The normalized spacial score (nSPS) is 24.5. The number of halogens is 3. The lowest BCUT2D eigenvalue weighted by Crippen LogP contribution is -2.60. The van der Waals surface area contributed by atoms with Crippen molar-refractivity contribution < 1.29 is 4.79 Å². The second-order valence-electron chi connectivity index (χ2n) is 7.74. The number of hydrogen-bond donors (Lipinski definition) is 1. The summed E-state index contributed by atoms with van der Waals surface area (Å²) in [4.78, 5) is 15.9. The van der Waals surface area contributed by atoms with Crippen molar-refractivity contribution in [3.05, 3.63) is 69.2 Å². The van der Waals surface area contributed by atoms with Gasteiger partial charge in [0.2, 0.25) is 0 Å². The van der Waals surface area contributed by atoms with Gasteiger partial charge in [-0.05, 0) is 61.7 Å². The molecule has 1 fully saturated rings. The van der Waals surface area contributed by atoms with Gasteiger partial charge in [0.05, 0.1) is 16.2 Å². The van der Waals surface area contributed by atoms with Crippen LogP contribution in [0, 0.1) is 0 Å². The first kappa shape index (κ1) is 21.6. The number of nitrogens with one attached hydrogen (secondary N) is 1. The molecule has 2 aliphatic rings. The van der Waals surface area contributed by atoms with E-state index in [9.17, 15) is 4.79 Å². The van der Waals surface area contributed by atoms with Crippen molar-refractivity contribution in [3.63, 3.8) is 0 Å². The topological polar surface area (TPSA) is 32.3 Å². The predicted molar refractivity (Wildman–Crippen MR) is 118 cm³/mol. The Morgan fingerprint density at radius 2 is 1.86 bits per heavy atom. The molecule has 0 radical (unpaired) electrons. The molecule has 2 heterocycles. The molecule has 2 aromatic rings. The van der Waals surface area contributed by atoms with E-state index in [1.807, 2.05) is 19.1 Å². The van der Waals surface area contributed by atoms with Crippen LogP contribution in [0.4, 0.5) is 0 Å². The lowest BCUT2D eigenvalue weighted by molar-refractivity contribution is -0.126. The number of benzene rings is 2. The van der Waals surface area contributed by atoms with Crippen LogP contribution in [0.1, 0.15) is 36.5 Å². The van der Waals surface area contributed by atoms with E-state index in [0.717, 1.165) is 30.6 Å². The summed E-state index contributed by atoms with van der Waals surface area (Å²) in [7, 11) is 0. The predicted octanol–water partition coefficient (Wildman–Crippen LogP) is 5.01. The van der Waals surface area contributed by atoms with Crippen LogP contribution in [0.3, 0.4) is 0 Å². The van der Waals surface area contributed by atoms with Crippen LogP contribution in [0.5, 0.6) is 0 Å². The quantitative estimate of drug-likeness (QED) is 0.727. The third-order valence-electron chi connectivity index (χ3n) is 5.91. The first-order chi connectivity index (χ1) is 13.0. The van der Waals surface area contributed by atoms with Gasteiger partial charge in [-0.15, -0.1) is 12.4 Å². The molecular formula is C22H25Cl3N2O. The summed E-state index contributed by atoms with van der Waals surface area (Å²) in [6.45, 7) is 4.21. The van der Waals surface area contributed by atoms with Gasteiger partial charge in [0, 0.05) is 12.8 Å². The van der Waals surface area contributed by atoms with Gasteiger partial charge >= 0.3 is 0 Å². The summed E-state index contributed by atoms with van der Waals surface area (Å²) < 4.78 is 0. The SMILES string of the molecule is C[C@@]1(C(=O)Cc2ccc(Cl)c(Cl)c2)NC(N2CCCC2)Cc2ccccc21.Cl. The van der Waals surface area contributed by atoms with Crippen LogP contribution in [-0.2, 0) is 23.2 Å². The molecule has 4 rings (SSSR count). The number of fused-ring (bicyclic) bond motifs is 1. The summed E-state index contributed by atoms with van der Waals surface area (Å²) in [6, 6.07) is 13.7. The van der Waals surface area contributed by atoms with Crippen molar-refractivity contribution >= 4 is 41.4 Å². The summed E-state index contributed by atoms with van der Waals surface area (Å²) in [5, 5.41) is 4.69. The Labute approximate surface area is 182 Å². The van der Waals surface area contributed by atoms with Crippen molar-refractivity contribution in [1.29, 1.82) is 0 Å². The number of nitrogens with zero attached hydrogens (tertiary/aromatic N) is 1. The lowest BCUT2D eigenvalue weighted by atomic mass is 9.78. The molecule has 1 saturated heterocycles. The maximum Gasteiger partial charge on any atom is 0.161 e. The largest absolute Gasteiger partial charge is 0.297 e. The van der Waals surface area contributed by atoms with Gasteiger partial charge in [0.1, 0.15) is 5.54 Å². The number of hydrogen-bond acceptors (Lipinski definition) is 3. The van der Waals surface area contributed by atoms with Gasteiger partial charge < -0.3 is 0 Å². The average molecular weight is 440 g/mol. The fourth-order valence-electron chi connectivity index (χ4n) is 4.37. The molecule has 0 aromatic heterocycles. The molecule has 0 spiro atoms. The van der Waals surface area contributed by atoms with Crippen LogP contribution in [-0.4, -0.2) is 29.9 Å². The number of carbonyl (C=O) groups is 1. The van der Waals surface area contributed by atoms with Crippen LogP contribution in [0.15, 0.2) is 42.5 Å². The summed E-state index contributed by atoms with van der Waals surface area (Å²) >= 11 is 12.2. The minimum absolute atomic E-state index is 0. The van der Waals surface area contributed by atoms with Gasteiger partial charge in [-0.3, -0.25) is 15.0 Å². The fourth-order valence-corrected chi connectivity index (χ4v) is 4.69. The van der Waals surface area contributed by atoms with E-state index in [-0.39, 0.29) is 24.4 Å². The van der Waals surface area contributed by atoms with Crippen LogP contribution in [0.2, 0.25) is 10.0 Å². The van der Waals surface area contributed by atoms with Crippen molar-refractivity contribution in [3.8, 4) is 0 Å². The number of Topliss-reactive ketones (excluding diaryl/α,β-unsaturated/α-hetero) is 1. The molecule has 0 bridgehead atoms. The summed E-state index contributed by atoms with van der Waals surface area (Å²) in [5.41, 5.74) is 2.52. The second kappa shape index (κ2) is 8.73. The van der Waals surface area contributed by atoms with Gasteiger partial charge in [0.25, 0.3) is 0 Å². The number of ketones is 1. The second-order valence-corrected chi connectivity index (χ2v) is 8.55. The van der Waals surface area contributed by atoms with E-state index in [2.05, 4.69) is 28.4 Å². The third kappa shape index (κ3) is 4.10. The van der Waals surface area contributed by atoms with E-state index < -0.39 is 5.54 Å². The zero-order chi connectivity index (χ0) is 19.0. The van der Waals surface area contributed by atoms with Crippen LogP contribution < -0.4 is 5.32 Å². The Morgan fingerprint density at radius 1 is 1.14 bits per heavy atom. The maximum absolute atomic E-state index is 13.5. The smallest absolute Gasteiger partial charge is 0.161 e. The Balaban J connectivity index is 0.00000225. The molecule has 6 heteroatoms. The van der Waals surface area contributed by atoms with Crippen LogP contribution in [0.25, 0.3) is 0 Å².